The van der Waals surface area contributed by atoms with Gasteiger partial charge in [-0.3, -0.25) is 9.98 Å². The zero-order valence-corrected chi connectivity index (χ0v) is 17.3. The van der Waals surface area contributed by atoms with Gasteiger partial charge >= 0.3 is 0 Å². The summed E-state index contributed by atoms with van der Waals surface area (Å²) in [4.78, 5) is 12.3. The van der Waals surface area contributed by atoms with E-state index in [4.69, 9.17) is 4.99 Å². The number of amidine groups is 1. The lowest BCUT2D eigenvalue weighted by molar-refractivity contribution is 0.318. The zero-order valence-electron chi connectivity index (χ0n) is 16.5. The van der Waals surface area contributed by atoms with Gasteiger partial charge in [-0.1, -0.05) is 24.8 Å². The fourth-order valence-electron chi connectivity index (χ4n) is 4.67. The number of rotatable bonds is 3. The number of hydrogen-bond acceptors (Lipinski definition) is 4. The van der Waals surface area contributed by atoms with Crippen molar-refractivity contribution in [3.8, 4) is 0 Å². The molecule has 0 aliphatic carbocycles. The number of hydrogen-bond donors (Lipinski definition) is 0. The van der Waals surface area contributed by atoms with Crippen molar-refractivity contribution in [1.82, 2.24) is 14.5 Å². The van der Waals surface area contributed by atoms with Crippen molar-refractivity contribution in [3.05, 3.63) is 52.6 Å². The normalized spacial score (nSPS) is 25.1. The van der Waals surface area contributed by atoms with E-state index in [1.54, 1.807) is 0 Å². The number of thioether (sulfide) groups is 1. The Hall–Kier alpha value is -1.75. The van der Waals surface area contributed by atoms with E-state index in [9.17, 15) is 0 Å². The molecule has 2 aromatic rings. The van der Waals surface area contributed by atoms with Crippen molar-refractivity contribution in [2.24, 2.45) is 4.99 Å². The predicted octanol–water partition coefficient (Wildman–Crippen LogP) is 4.98. The van der Waals surface area contributed by atoms with Gasteiger partial charge in [0.05, 0.1) is 11.7 Å². The van der Waals surface area contributed by atoms with E-state index in [2.05, 4.69) is 68.1 Å². The van der Waals surface area contributed by atoms with Crippen molar-refractivity contribution in [2.45, 2.75) is 64.9 Å². The Labute approximate surface area is 160 Å². The summed E-state index contributed by atoms with van der Waals surface area (Å²) < 4.78 is 2.48. The third-order valence-electron chi connectivity index (χ3n) is 5.75. The van der Waals surface area contributed by atoms with E-state index >= 15 is 0 Å². The van der Waals surface area contributed by atoms with Crippen molar-refractivity contribution in [3.63, 3.8) is 0 Å². The molecule has 0 saturated carbocycles. The first kappa shape index (κ1) is 17.7. The summed E-state index contributed by atoms with van der Waals surface area (Å²) in [5.41, 5.74) is 6.67. The second kappa shape index (κ2) is 6.45. The lowest BCUT2D eigenvalue weighted by atomic mass is 9.93. The van der Waals surface area contributed by atoms with Crippen LogP contribution in [-0.2, 0) is 0 Å². The minimum atomic E-state index is 0.0750. The van der Waals surface area contributed by atoms with Crippen molar-refractivity contribution in [2.75, 3.05) is 6.54 Å². The first-order valence-electron chi connectivity index (χ1n) is 9.50. The minimum absolute atomic E-state index is 0.0750. The maximum atomic E-state index is 5.13. The summed E-state index contributed by atoms with van der Waals surface area (Å²) in [6, 6.07) is 6.96. The molecular weight excluding hydrogens is 340 g/mol. The second-order valence-electron chi connectivity index (χ2n) is 7.81. The summed E-state index contributed by atoms with van der Waals surface area (Å²) in [5.74, 6) is 0. The maximum absolute atomic E-state index is 5.13. The van der Waals surface area contributed by atoms with Crippen LogP contribution in [-0.4, -0.2) is 31.4 Å². The van der Waals surface area contributed by atoms with Crippen LogP contribution in [0.15, 0.2) is 29.4 Å². The van der Waals surface area contributed by atoms with Gasteiger partial charge in [0.15, 0.2) is 5.17 Å². The molecule has 0 radical (unpaired) electrons. The summed E-state index contributed by atoms with van der Waals surface area (Å²) in [7, 11) is 0. The van der Waals surface area contributed by atoms with Crippen molar-refractivity contribution < 1.29 is 0 Å². The summed E-state index contributed by atoms with van der Waals surface area (Å²) >= 11 is 1.90. The zero-order chi connectivity index (χ0) is 18.6. The molecule has 0 N–H and O–H groups in total. The molecule has 138 valence electrons. The van der Waals surface area contributed by atoms with Gasteiger partial charge in [0.25, 0.3) is 0 Å². The van der Waals surface area contributed by atoms with Gasteiger partial charge in [0.2, 0.25) is 0 Å². The molecule has 2 aliphatic heterocycles. The number of pyridine rings is 1. The quantitative estimate of drug-likeness (QED) is 0.766. The van der Waals surface area contributed by atoms with Gasteiger partial charge in [-0.25, -0.2) is 0 Å². The van der Waals surface area contributed by atoms with Crippen LogP contribution in [0, 0.1) is 20.8 Å². The highest BCUT2D eigenvalue weighted by Gasteiger charge is 2.45. The fourth-order valence-corrected chi connectivity index (χ4v) is 5.76. The van der Waals surface area contributed by atoms with Crippen LogP contribution in [0.2, 0.25) is 0 Å². The van der Waals surface area contributed by atoms with Crippen molar-refractivity contribution >= 4 is 16.9 Å². The molecule has 3 atom stereocenters. The molecule has 5 heteroatoms. The minimum Gasteiger partial charge on any atom is -0.346 e. The Morgan fingerprint density at radius 2 is 1.92 bits per heavy atom. The van der Waals surface area contributed by atoms with Gasteiger partial charge in [0, 0.05) is 41.0 Å². The molecule has 0 bridgehead atoms. The van der Waals surface area contributed by atoms with Gasteiger partial charge < -0.3 is 9.47 Å². The predicted molar refractivity (Wildman–Crippen MR) is 110 cm³/mol. The SMILES string of the molecule is Cc1c([C@@H]2[C@H](c3ccccn3)N=C3S[C@@H](C)CN32)c(C)n(C(C)C)c1C. The molecule has 4 heterocycles. The van der Waals surface area contributed by atoms with Crippen LogP contribution in [0.3, 0.4) is 0 Å². The molecule has 2 aromatic heterocycles. The highest BCUT2D eigenvalue weighted by Crippen LogP contribution is 2.49. The Kier molecular flexibility index (Phi) is 4.38. The summed E-state index contributed by atoms with van der Waals surface area (Å²) in [6.45, 7) is 14.7. The second-order valence-corrected chi connectivity index (χ2v) is 9.22. The van der Waals surface area contributed by atoms with E-state index in [-0.39, 0.29) is 12.1 Å². The van der Waals surface area contributed by atoms with Gasteiger partial charge in [-0.2, -0.15) is 0 Å². The Balaban J connectivity index is 1.87. The summed E-state index contributed by atoms with van der Waals surface area (Å²) in [6.07, 6.45) is 1.88. The van der Waals surface area contributed by atoms with Gasteiger partial charge in [0.1, 0.15) is 6.04 Å². The Morgan fingerprint density at radius 3 is 2.54 bits per heavy atom. The number of fused-ring (bicyclic) bond motifs is 1. The third-order valence-corrected chi connectivity index (χ3v) is 6.85. The molecule has 4 rings (SSSR count). The standard InChI is InChI=1S/C21H28N4S/c1-12(2)25-15(5)14(4)18(16(25)6)20-19(17-9-7-8-10-22-17)23-21-24(20)11-13(3)26-21/h7-10,12-13,19-20H,11H2,1-6H3/t13-,19-,20+/m0/s1. The van der Waals surface area contributed by atoms with Crippen LogP contribution in [0.1, 0.15) is 67.1 Å². The molecule has 0 spiro atoms. The Bertz CT molecular complexity index is 853. The lowest BCUT2D eigenvalue weighted by Gasteiger charge is -2.28. The van der Waals surface area contributed by atoms with Crippen LogP contribution in [0.25, 0.3) is 0 Å². The van der Waals surface area contributed by atoms with Crippen molar-refractivity contribution in [1.29, 1.82) is 0 Å². The van der Waals surface area contributed by atoms with Crippen LogP contribution < -0.4 is 0 Å². The molecular formula is C21H28N4S. The molecule has 1 fully saturated rings. The van der Waals surface area contributed by atoms with Crippen LogP contribution >= 0.6 is 11.8 Å². The first-order valence-corrected chi connectivity index (χ1v) is 10.4. The van der Waals surface area contributed by atoms with E-state index in [1.807, 2.05) is 24.0 Å². The Morgan fingerprint density at radius 1 is 1.15 bits per heavy atom. The van der Waals surface area contributed by atoms with E-state index < -0.39 is 0 Å². The maximum Gasteiger partial charge on any atom is 0.160 e. The lowest BCUT2D eigenvalue weighted by Crippen LogP contribution is -2.29. The average Bonchev–Trinajstić information content (AvgIpc) is 3.18. The van der Waals surface area contributed by atoms with Gasteiger partial charge in [-0.15, -0.1) is 0 Å². The highest BCUT2D eigenvalue weighted by atomic mass is 32.2. The van der Waals surface area contributed by atoms with E-state index in [0.29, 0.717) is 11.3 Å². The van der Waals surface area contributed by atoms with E-state index in [0.717, 1.165) is 12.2 Å². The molecule has 0 aromatic carbocycles. The average molecular weight is 369 g/mol. The molecule has 2 aliphatic rings. The van der Waals surface area contributed by atoms with E-state index in [1.165, 1.54) is 27.7 Å². The van der Waals surface area contributed by atoms with Gasteiger partial charge in [-0.05, 0) is 52.3 Å². The first-order chi connectivity index (χ1) is 12.4. The number of nitrogens with zero attached hydrogens (tertiary/aromatic N) is 4. The molecule has 26 heavy (non-hydrogen) atoms. The van der Waals surface area contributed by atoms with Crippen LogP contribution in [0.5, 0.6) is 0 Å². The van der Waals surface area contributed by atoms with Crippen LogP contribution in [0.4, 0.5) is 0 Å². The highest BCUT2D eigenvalue weighted by molar-refractivity contribution is 8.14. The topological polar surface area (TPSA) is 33.4 Å². The molecule has 0 unspecified atom stereocenters. The molecule has 0 amide bonds. The number of aromatic nitrogens is 2. The third kappa shape index (κ3) is 2.59. The monoisotopic (exact) mass is 368 g/mol. The fraction of sp³-hybridized carbons (Fsp3) is 0.524. The largest absolute Gasteiger partial charge is 0.346 e. The number of aliphatic imine (C=N–C) groups is 1. The molecule has 4 nitrogen and oxygen atoms in total. The smallest absolute Gasteiger partial charge is 0.160 e. The molecule has 1 saturated heterocycles. The summed E-state index contributed by atoms with van der Waals surface area (Å²) in [5, 5.41) is 1.78.